The lowest BCUT2D eigenvalue weighted by Crippen LogP contribution is -2.20. The van der Waals surface area contributed by atoms with Crippen LogP contribution >= 0.6 is 34.8 Å². The molecule has 0 saturated carbocycles. The van der Waals surface area contributed by atoms with Gasteiger partial charge in [0.05, 0.1) is 22.5 Å². The Balaban J connectivity index is 2.23. The summed E-state index contributed by atoms with van der Waals surface area (Å²) in [6.07, 6.45) is -3.72. The van der Waals surface area contributed by atoms with E-state index in [4.69, 9.17) is 40.5 Å². The van der Waals surface area contributed by atoms with Crippen LogP contribution in [0.2, 0.25) is 15.2 Å². The second-order valence-electron chi connectivity index (χ2n) is 4.58. The van der Waals surface area contributed by atoms with Crippen molar-refractivity contribution in [2.24, 2.45) is 5.10 Å². The maximum absolute atomic E-state index is 12.9. The van der Waals surface area contributed by atoms with Gasteiger partial charge in [0, 0.05) is 5.56 Å². The van der Waals surface area contributed by atoms with Crippen LogP contribution in [-0.2, 0) is 6.18 Å². The van der Waals surface area contributed by atoms with E-state index < -0.39 is 17.6 Å². The third-order valence-electron chi connectivity index (χ3n) is 2.92. The highest BCUT2D eigenvalue weighted by Gasteiger charge is 2.32. The molecule has 1 heterocycles. The summed E-state index contributed by atoms with van der Waals surface area (Å²) in [5.74, 6) is -0.920. The standard InChI is InChI=1S/C14H8Cl3F3N4O/c15-8-10(21)9(16)12(17)23-11(8)13(25)24-22-5-6-3-1-2-4-7(6)14(18,19)20/h1-5H,(H2,21,23)(H,24,25)/b22-5-. The van der Waals surface area contributed by atoms with E-state index in [0.29, 0.717) is 0 Å². The molecule has 1 aromatic heterocycles. The van der Waals surface area contributed by atoms with E-state index >= 15 is 0 Å². The Labute approximate surface area is 154 Å². The Morgan fingerprint density at radius 1 is 1.20 bits per heavy atom. The van der Waals surface area contributed by atoms with Crippen LogP contribution in [0.3, 0.4) is 0 Å². The van der Waals surface area contributed by atoms with Gasteiger partial charge in [0.1, 0.15) is 5.02 Å². The molecule has 0 spiro atoms. The fraction of sp³-hybridized carbons (Fsp3) is 0.0714. The number of pyridine rings is 1. The average Bonchev–Trinajstić information content (AvgIpc) is 2.55. The van der Waals surface area contributed by atoms with Gasteiger partial charge in [-0.25, -0.2) is 10.4 Å². The Bertz CT molecular complexity index is 856. The van der Waals surface area contributed by atoms with E-state index in [0.717, 1.165) is 12.3 Å². The number of hydrogen-bond acceptors (Lipinski definition) is 4. The summed E-state index contributed by atoms with van der Waals surface area (Å²) in [7, 11) is 0. The van der Waals surface area contributed by atoms with Gasteiger partial charge in [-0.2, -0.15) is 18.3 Å². The molecule has 0 saturated heterocycles. The molecule has 0 radical (unpaired) electrons. The van der Waals surface area contributed by atoms with Crippen LogP contribution in [0, 0.1) is 0 Å². The zero-order chi connectivity index (χ0) is 18.8. The van der Waals surface area contributed by atoms with Gasteiger partial charge in [-0.3, -0.25) is 4.79 Å². The van der Waals surface area contributed by atoms with E-state index in [9.17, 15) is 18.0 Å². The summed E-state index contributed by atoms with van der Waals surface area (Å²) in [6.45, 7) is 0. The quantitative estimate of drug-likeness (QED) is 0.446. The van der Waals surface area contributed by atoms with E-state index in [1.807, 2.05) is 5.43 Å². The van der Waals surface area contributed by atoms with Gasteiger partial charge in [-0.15, -0.1) is 0 Å². The fourth-order valence-electron chi connectivity index (χ4n) is 1.76. The van der Waals surface area contributed by atoms with Crippen molar-refractivity contribution in [2.75, 3.05) is 5.73 Å². The number of hydrogen-bond donors (Lipinski definition) is 2. The number of carbonyl (C=O) groups excluding carboxylic acids is 1. The highest BCUT2D eigenvalue weighted by molar-refractivity contribution is 6.46. The maximum Gasteiger partial charge on any atom is 0.417 e. The van der Waals surface area contributed by atoms with Crippen LogP contribution in [0.1, 0.15) is 21.6 Å². The minimum Gasteiger partial charge on any atom is -0.396 e. The first-order chi connectivity index (χ1) is 11.6. The highest BCUT2D eigenvalue weighted by atomic mass is 35.5. The third kappa shape index (κ3) is 4.33. The van der Waals surface area contributed by atoms with Crippen LogP contribution < -0.4 is 11.2 Å². The first kappa shape index (κ1) is 19.3. The van der Waals surface area contributed by atoms with Crippen LogP contribution in [0.5, 0.6) is 0 Å². The number of nitrogen functional groups attached to an aromatic ring is 1. The second-order valence-corrected chi connectivity index (χ2v) is 5.69. The highest BCUT2D eigenvalue weighted by Crippen LogP contribution is 2.34. The van der Waals surface area contributed by atoms with Crippen molar-refractivity contribution in [3.63, 3.8) is 0 Å². The largest absolute Gasteiger partial charge is 0.417 e. The molecule has 0 bridgehead atoms. The van der Waals surface area contributed by atoms with E-state index in [1.165, 1.54) is 18.2 Å². The molecular formula is C14H8Cl3F3N4O. The zero-order valence-electron chi connectivity index (χ0n) is 12.0. The van der Waals surface area contributed by atoms with E-state index in [-0.39, 0.29) is 32.1 Å². The van der Waals surface area contributed by atoms with Crippen molar-refractivity contribution in [3.8, 4) is 0 Å². The summed E-state index contributed by atoms with van der Waals surface area (Å²) in [5, 5.41) is 2.85. The molecule has 0 unspecified atom stereocenters. The molecule has 25 heavy (non-hydrogen) atoms. The summed E-state index contributed by atoms with van der Waals surface area (Å²) >= 11 is 17.3. The van der Waals surface area contributed by atoms with Crippen LogP contribution in [0.4, 0.5) is 18.9 Å². The van der Waals surface area contributed by atoms with Gasteiger partial charge in [-0.1, -0.05) is 53.0 Å². The van der Waals surface area contributed by atoms with E-state index in [2.05, 4.69) is 10.1 Å². The number of carbonyl (C=O) groups is 1. The van der Waals surface area contributed by atoms with Gasteiger partial charge in [-0.05, 0) is 6.07 Å². The summed E-state index contributed by atoms with van der Waals surface area (Å²) in [5.41, 5.74) is 5.92. The molecule has 5 nitrogen and oxygen atoms in total. The lowest BCUT2D eigenvalue weighted by atomic mass is 10.1. The Morgan fingerprint density at radius 3 is 2.48 bits per heavy atom. The lowest BCUT2D eigenvalue weighted by Gasteiger charge is -2.09. The second kappa shape index (κ2) is 7.47. The molecular weight excluding hydrogens is 404 g/mol. The van der Waals surface area contributed by atoms with Crippen molar-refractivity contribution in [1.82, 2.24) is 10.4 Å². The Morgan fingerprint density at radius 2 is 1.84 bits per heavy atom. The molecule has 2 rings (SSSR count). The van der Waals surface area contributed by atoms with Crippen molar-refractivity contribution in [1.29, 1.82) is 0 Å². The van der Waals surface area contributed by atoms with Gasteiger partial charge in [0.15, 0.2) is 10.8 Å². The van der Waals surface area contributed by atoms with Crippen molar-refractivity contribution >= 4 is 52.6 Å². The molecule has 0 aliphatic carbocycles. The molecule has 0 fully saturated rings. The van der Waals surface area contributed by atoms with Crippen molar-refractivity contribution < 1.29 is 18.0 Å². The normalized spacial score (nSPS) is 11.8. The van der Waals surface area contributed by atoms with Crippen LogP contribution in [0.25, 0.3) is 0 Å². The predicted molar refractivity (Wildman–Crippen MR) is 90.2 cm³/mol. The molecule has 0 aliphatic heterocycles. The van der Waals surface area contributed by atoms with Crippen LogP contribution in [-0.4, -0.2) is 17.1 Å². The van der Waals surface area contributed by atoms with Crippen LogP contribution in [0.15, 0.2) is 29.4 Å². The zero-order valence-corrected chi connectivity index (χ0v) is 14.3. The number of nitrogens with two attached hydrogens (primary N) is 1. The molecule has 3 N–H and O–H groups in total. The Hall–Kier alpha value is -2.03. The number of anilines is 1. The number of halogens is 6. The SMILES string of the molecule is Nc1c(Cl)c(Cl)nc(C(=O)N/N=C\c2ccccc2C(F)(F)F)c1Cl. The average molecular weight is 412 g/mol. The summed E-state index contributed by atoms with van der Waals surface area (Å²) in [6, 6.07) is 4.72. The molecule has 0 aliphatic rings. The fourth-order valence-corrected chi connectivity index (χ4v) is 2.36. The topological polar surface area (TPSA) is 80.4 Å². The number of aromatic nitrogens is 1. The first-order valence-electron chi connectivity index (χ1n) is 6.42. The predicted octanol–water partition coefficient (Wildman–Crippen LogP) is 4.41. The minimum atomic E-state index is -4.56. The molecule has 2 aromatic rings. The van der Waals surface area contributed by atoms with Gasteiger partial charge in [0.2, 0.25) is 0 Å². The summed E-state index contributed by atoms with van der Waals surface area (Å²) in [4.78, 5) is 15.7. The first-order valence-corrected chi connectivity index (χ1v) is 7.56. The minimum absolute atomic E-state index is 0.120. The third-order valence-corrected chi connectivity index (χ3v) is 4.06. The number of nitrogens with zero attached hydrogens (tertiary/aromatic N) is 2. The number of rotatable bonds is 3. The van der Waals surface area contributed by atoms with Crippen molar-refractivity contribution in [2.45, 2.75) is 6.18 Å². The molecule has 1 amide bonds. The molecule has 132 valence electrons. The molecule has 11 heteroatoms. The molecule has 1 aromatic carbocycles. The number of amides is 1. The molecule has 0 atom stereocenters. The monoisotopic (exact) mass is 410 g/mol. The van der Waals surface area contributed by atoms with Gasteiger partial charge >= 0.3 is 6.18 Å². The summed E-state index contributed by atoms with van der Waals surface area (Å²) < 4.78 is 38.6. The maximum atomic E-state index is 12.9. The number of alkyl halides is 3. The van der Waals surface area contributed by atoms with E-state index in [1.54, 1.807) is 0 Å². The Kier molecular flexibility index (Phi) is 5.76. The van der Waals surface area contributed by atoms with Gasteiger partial charge < -0.3 is 5.73 Å². The number of hydrazone groups is 1. The van der Waals surface area contributed by atoms with Gasteiger partial charge in [0.25, 0.3) is 5.91 Å². The number of benzene rings is 1. The van der Waals surface area contributed by atoms with Crippen molar-refractivity contribution in [3.05, 3.63) is 56.3 Å². The lowest BCUT2D eigenvalue weighted by molar-refractivity contribution is -0.137. The smallest absolute Gasteiger partial charge is 0.396 e. The number of nitrogens with one attached hydrogen (secondary N) is 1.